The molecule has 3 heterocycles. The fourth-order valence-corrected chi connectivity index (χ4v) is 3.90. The quantitative estimate of drug-likeness (QED) is 0.412. The zero-order valence-corrected chi connectivity index (χ0v) is 17.0. The summed E-state index contributed by atoms with van der Waals surface area (Å²) in [4.78, 5) is 19.9. The largest absolute Gasteiger partial charge is 0.419 e. The van der Waals surface area contributed by atoms with Crippen LogP contribution >= 0.6 is 0 Å². The van der Waals surface area contributed by atoms with E-state index in [9.17, 15) is 13.2 Å². The summed E-state index contributed by atoms with van der Waals surface area (Å²) in [5, 5.41) is 7.34. The summed E-state index contributed by atoms with van der Waals surface area (Å²) in [6, 6.07) is 7.84. The second-order valence-corrected chi connectivity index (χ2v) is 8.31. The number of aryl methyl sites for hydroxylation is 2. The van der Waals surface area contributed by atoms with E-state index >= 15 is 0 Å². The number of rotatable bonds is 7. The molecule has 0 atom stereocenters. The van der Waals surface area contributed by atoms with E-state index in [4.69, 9.17) is 4.42 Å². The van der Waals surface area contributed by atoms with Crippen molar-refractivity contribution in [3.8, 4) is 5.82 Å². The smallest absolute Gasteiger partial charge is 0.408 e. The van der Waals surface area contributed by atoms with Gasteiger partial charge in [0.05, 0.1) is 16.1 Å². The van der Waals surface area contributed by atoms with Crippen LogP contribution in [0.2, 0.25) is 0 Å². The molecule has 0 bridgehead atoms. The monoisotopic (exact) mass is 429 g/mol. The second kappa shape index (κ2) is 7.72. The number of sulfonamides is 1. The minimum atomic E-state index is -3.76. The van der Waals surface area contributed by atoms with Crippen LogP contribution in [0, 0.1) is 6.92 Å². The SMILES string of the molecule is Cc1ccn(-c2cc(NCCNS(=O)(=O)c3ccc4oc(=O)n(C)c4c3)ncn2)n1. The molecule has 0 aliphatic heterocycles. The summed E-state index contributed by atoms with van der Waals surface area (Å²) < 4.78 is 35.5. The fourth-order valence-electron chi connectivity index (χ4n) is 2.84. The van der Waals surface area contributed by atoms with Crippen molar-refractivity contribution < 1.29 is 12.8 Å². The normalized spacial score (nSPS) is 11.8. The molecule has 0 amide bonds. The van der Waals surface area contributed by atoms with Crippen molar-refractivity contribution >= 4 is 26.9 Å². The van der Waals surface area contributed by atoms with Crippen LogP contribution in [0.4, 0.5) is 5.82 Å². The van der Waals surface area contributed by atoms with E-state index in [2.05, 4.69) is 25.1 Å². The van der Waals surface area contributed by atoms with Crippen LogP contribution in [0.15, 0.2) is 57.0 Å². The standard InChI is InChI=1S/C18H19N7O4S/c1-12-5-8-25(23-12)17-10-16(20-11-21-17)19-6-7-22-30(27,28)13-3-4-15-14(9-13)24(2)18(26)29-15/h3-5,8-11,22H,6-7H2,1-2H3,(H,19,20,21). The highest BCUT2D eigenvalue weighted by Crippen LogP contribution is 2.17. The third-order valence-electron chi connectivity index (χ3n) is 4.41. The van der Waals surface area contributed by atoms with Crippen LogP contribution in [0.25, 0.3) is 16.9 Å². The summed E-state index contributed by atoms with van der Waals surface area (Å²) in [6.07, 6.45) is 3.20. The van der Waals surface area contributed by atoms with Gasteiger partial charge >= 0.3 is 5.76 Å². The third kappa shape index (κ3) is 3.95. The lowest BCUT2D eigenvalue weighted by atomic mass is 10.3. The second-order valence-electron chi connectivity index (χ2n) is 6.54. The minimum Gasteiger partial charge on any atom is -0.408 e. The summed E-state index contributed by atoms with van der Waals surface area (Å²) >= 11 is 0. The third-order valence-corrected chi connectivity index (χ3v) is 5.86. The highest BCUT2D eigenvalue weighted by atomic mass is 32.2. The molecular formula is C18H19N7O4S. The Balaban J connectivity index is 1.39. The molecule has 0 radical (unpaired) electrons. The van der Waals surface area contributed by atoms with Gasteiger partial charge in [0.2, 0.25) is 10.0 Å². The van der Waals surface area contributed by atoms with Crippen LogP contribution in [0.3, 0.4) is 0 Å². The lowest BCUT2D eigenvalue weighted by Gasteiger charge is -2.09. The topological polar surface area (TPSA) is 137 Å². The summed E-state index contributed by atoms with van der Waals surface area (Å²) in [7, 11) is -2.24. The van der Waals surface area contributed by atoms with Crippen molar-refractivity contribution in [2.45, 2.75) is 11.8 Å². The van der Waals surface area contributed by atoms with Crippen LogP contribution < -0.4 is 15.8 Å². The lowest BCUT2D eigenvalue weighted by Crippen LogP contribution is -2.29. The molecule has 0 aliphatic carbocycles. The van der Waals surface area contributed by atoms with Crippen LogP contribution in [0.5, 0.6) is 0 Å². The summed E-state index contributed by atoms with van der Waals surface area (Å²) in [5.41, 5.74) is 1.60. The predicted octanol–water partition coefficient (Wildman–Crippen LogP) is 0.806. The maximum Gasteiger partial charge on any atom is 0.419 e. The first-order valence-electron chi connectivity index (χ1n) is 9.01. The molecule has 11 nitrogen and oxygen atoms in total. The number of hydrogen-bond acceptors (Lipinski definition) is 8. The molecule has 0 saturated carbocycles. The highest BCUT2D eigenvalue weighted by Gasteiger charge is 2.16. The maximum atomic E-state index is 12.6. The highest BCUT2D eigenvalue weighted by molar-refractivity contribution is 7.89. The minimum absolute atomic E-state index is 0.0461. The van der Waals surface area contributed by atoms with Gasteiger partial charge in [-0.05, 0) is 31.2 Å². The van der Waals surface area contributed by atoms with Crippen LogP contribution in [0.1, 0.15) is 5.69 Å². The van der Waals surface area contributed by atoms with Gasteiger partial charge in [-0.1, -0.05) is 0 Å². The summed E-state index contributed by atoms with van der Waals surface area (Å²) in [6.45, 7) is 2.32. The van der Waals surface area contributed by atoms with E-state index in [1.807, 2.05) is 13.0 Å². The van der Waals surface area contributed by atoms with Crippen molar-refractivity contribution in [3.05, 3.63) is 59.1 Å². The van der Waals surface area contributed by atoms with E-state index in [0.717, 1.165) is 5.69 Å². The van der Waals surface area contributed by atoms with Gasteiger partial charge < -0.3 is 9.73 Å². The van der Waals surface area contributed by atoms with Crippen molar-refractivity contribution in [3.63, 3.8) is 0 Å². The number of aromatic nitrogens is 5. The Morgan fingerprint density at radius 2 is 1.97 bits per heavy atom. The van der Waals surface area contributed by atoms with E-state index in [1.54, 1.807) is 16.9 Å². The zero-order chi connectivity index (χ0) is 21.3. The number of nitrogens with one attached hydrogen (secondary N) is 2. The molecule has 4 aromatic rings. The average molecular weight is 429 g/mol. The first-order valence-corrected chi connectivity index (χ1v) is 10.5. The zero-order valence-electron chi connectivity index (χ0n) is 16.2. The van der Waals surface area contributed by atoms with Gasteiger partial charge in [0, 0.05) is 32.4 Å². The number of fused-ring (bicyclic) bond motifs is 1. The van der Waals surface area contributed by atoms with Crippen molar-refractivity contribution in [2.24, 2.45) is 7.05 Å². The first kappa shape index (κ1) is 19.8. The van der Waals surface area contributed by atoms with Gasteiger partial charge in [0.15, 0.2) is 11.4 Å². The molecule has 0 saturated heterocycles. The Bertz CT molecular complexity index is 1370. The fraction of sp³-hybridized carbons (Fsp3) is 0.222. The average Bonchev–Trinajstić information content (AvgIpc) is 3.28. The van der Waals surface area contributed by atoms with Gasteiger partial charge in [-0.2, -0.15) is 5.10 Å². The van der Waals surface area contributed by atoms with Crippen molar-refractivity contribution in [1.82, 2.24) is 29.0 Å². The maximum absolute atomic E-state index is 12.6. The number of hydrogen-bond donors (Lipinski definition) is 2. The number of nitrogens with zero attached hydrogens (tertiary/aromatic N) is 5. The van der Waals surface area contributed by atoms with E-state index in [0.29, 0.717) is 29.3 Å². The van der Waals surface area contributed by atoms with E-state index in [1.165, 1.54) is 36.1 Å². The predicted molar refractivity (Wildman–Crippen MR) is 109 cm³/mol. The molecule has 0 unspecified atom stereocenters. The molecule has 4 rings (SSSR count). The Morgan fingerprint density at radius 3 is 2.73 bits per heavy atom. The molecule has 30 heavy (non-hydrogen) atoms. The van der Waals surface area contributed by atoms with Crippen molar-refractivity contribution in [1.29, 1.82) is 0 Å². The van der Waals surface area contributed by atoms with Crippen molar-refractivity contribution in [2.75, 3.05) is 18.4 Å². The number of benzene rings is 1. The first-order chi connectivity index (χ1) is 14.3. The number of anilines is 1. The van der Waals surface area contributed by atoms with Gasteiger partial charge in [0.25, 0.3) is 0 Å². The molecule has 12 heteroatoms. The van der Waals surface area contributed by atoms with Crippen LogP contribution in [-0.4, -0.2) is 45.8 Å². The van der Waals surface area contributed by atoms with E-state index in [-0.39, 0.29) is 11.4 Å². The molecule has 0 fully saturated rings. The Morgan fingerprint density at radius 1 is 1.13 bits per heavy atom. The molecule has 3 aromatic heterocycles. The Labute approximate surface area is 171 Å². The lowest BCUT2D eigenvalue weighted by molar-refractivity contribution is 0.528. The van der Waals surface area contributed by atoms with Gasteiger partial charge in [0.1, 0.15) is 12.1 Å². The Hall–Kier alpha value is -3.51. The molecule has 2 N–H and O–H groups in total. The molecule has 156 valence electrons. The van der Waals surface area contributed by atoms with Gasteiger partial charge in [-0.3, -0.25) is 4.57 Å². The van der Waals surface area contributed by atoms with Gasteiger partial charge in [-0.15, -0.1) is 0 Å². The molecule has 0 aliphatic rings. The molecular weight excluding hydrogens is 410 g/mol. The molecule has 1 aromatic carbocycles. The number of oxazole rings is 1. The van der Waals surface area contributed by atoms with E-state index < -0.39 is 15.8 Å². The Kier molecular flexibility index (Phi) is 5.10. The van der Waals surface area contributed by atoms with Gasteiger partial charge in [-0.25, -0.2) is 32.6 Å². The molecule has 0 spiro atoms. The van der Waals surface area contributed by atoms with Crippen LogP contribution in [-0.2, 0) is 17.1 Å². The summed E-state index contributed by atoms with van der Waals surface area (Å²) in [5.74, 6) is 0.591.